The van der Waals surface area contributed by atoms with Crippen LogP contribution in [0.25, 0.3) is 6.08 Å². The van der Waals surface area contributed by atoms with E-state index in [4.69, 9.17) is 14.6 Å². The van der Waals surface area contributed by atoms with Crippen LogP contribution >= 0.6 is 0 Å². The van der Waals surface area contributed by atoms with E-state index in [1.807, 2.05) is 36.4 Å². The van der Waals surface area contributed by atoms with Gasteiger partial charge in [-0.3, -0.25) is 10.1 Å². The van der Waals surface area contributed by atoms with E-state index in [0.29, 0.717) is 17.0 Å². The van der Waals surface area contributed by atoms with Crippen LogP contribution in [-0.2, 0) is 19.1 Å². The fraction of sp³-hybridized carbons (Fsp3) is 0.231. The third kappa shape index (κ3) is 6.21. The van der Waals surface area contributed by atoms with Crippen LogP contribution in [0.3, 0.4) is 0 Å². The fourth-order valence-electron chi connectivity index (χ4n) is 3.85. The monoisotopic (exact) mass is 478 g/mol. The van der Waals surface area contributed by atoms with Gasteiger partial charge in [0.05, 0.1) is 28.6 Å². The number of aliphatic hydroxyl groups excluding tert-OH is 1. The fourth-order valence-corrected chi connectivity index (χ4v) is 3.85. The number of hydrogen-bond donors (Lipinski definition) is 2. The molecule has 9 heteroatoms. The molecule has 1 aliphatic heterocycles. The zero-order chi connectivity index (χ0) is 25.4. The number of allylic oxidation sites excluding steroid dienone is 2. The number of hydrogen-bond acceptors (Lipinski definition) is 8. The van der Waals surface area contributed by atoms with Crippen molar-refractivity contribution in [3.05, 3.63) is 104 Å². The molecule has 0 saturated heterocycles. The van der Waals surface area contributed by atoms with Gasteiger partial charge < -0.3 is 19.9 Å². The minimum Gasteiger partial charge on any atom is -0.460 e. The van der Waals surface area contributed by atoms with Crippen LogP contribution in [0.15, 0.2) is 83.2 Å². The molecule has 0 aromatic heterocycles. The van der Waals surface area contributed by atoms with Crippen molar-refractivity contribution >= 4 is 23.7 Å². The summed E-state index contributed by atoms with van der Waals surface area (Å²) in [6.07, 6.45) is 3.51. The minimum absolute atomic E-state index is 0.0147. The number of dihydropyridines is 1. The number of nitrogens with one attached hydrogen (secondary N) is 1. The molecule has 0 amide bonds. The third-order valence-electron chi connectivity index (χ3n) is 5.36. The molecule has 2 N–H and O–H groups in total. The van der Waals surface area contributed by atoms with Crippen LogP contribution in [0, 0.1) is 10.1 Å². The molecule has 35 heavy (non-hydrogen) atoms. The highest BCUT2D eigenvalue weighted by molar-refractivity contribution is 6.00. The van der Waals surface area contributed by atoms with E-state index in [1.54, 1.807) is 26.0 Å². The molecule has 0 bridgehead atoms. The highest BCUT2D eigenvalue weighted by Gasteiger charge is 2.38. The summed E-state index contributed by atoms with van der Waals surface area (Å²) in [6.45, 7) is 2.70. The second kappa shape index (κ2) is 11.8. The average Bonchev–Trinajstić information content (AvgIpc) is 2.85. The van der Waals surface area contributed by atoms with Gasteiger partial charge in [0.15, 0.2) is 0 Å². The summed E-state index contributed by atoms with van der Waals surface area (Å²) < 4.78 is 10.6. The second-order valence-corrected chi connectivity index (χ2v) is 7.76. The quantitative estimate of drug-likeness (QED) is 0.318. The predicted molar refractivity (Wildman–Crippen MR) is 129 cm³/mol. The van der Waals surface area contributed by atoms with Crippen LogP contribution < -0.4 is 5.32 Å². The summed E-state index contributed by atoms with van der Waals surface area (Å²) >= 11 is 0. The Labute approximate surface area is 202 Å². The molecule has 1 atom stereocenters. The lowest BCUT2D eigenvalue weighted by molar-refractivity contribution is -0.384. The van der Waals surface area contributed by atoms with Crippen LogP contribution in [-0.4, -0.2) is 41.8 Å². The average molecular weight is 479 g/mol. The summed E-state index contributed by atoms with van der Waals surface area (Å²) in [4.78, 5) is 37.0. The van der Waals surface area contributed by atoms with Gasteiger partial charge in [-0.2, -0.15) is 0 Å². The van der Waals surface area contributed by atoms with Crippen molar-refractivity contribution in [2.75, 3.05) is 19.8 Å². The highest BCUT2D eigenvalue weighted by Crippen LogP contribution is 2.40. The largest absolute Gasteiger partial charge is 0.460 e. The van der Waals surface area contributed by atoms with E-state index in [-0.39, 0.29) is 36.7 Å². The number of esters is 2. The Hall–Kier alpha value is -4.24. The molecular weight excluding hydrogens is 452 g/mol. The molecule has 2 aromatic carbocycles. The zero-order valence-electron chi connectivity index (χ0n) is 19.4. The molecule has 0 spiro atoms. The Bertz CT molecular complexity index is 1200. The zero-order valence-corrected chi connectivity index (χ0v) is 19.4. The van der Waals surface area contributed by atoms with Crippen molar-refractivity contribution < 1.29 is 29.1 Å². The maximum atomic E-state index is 13.2. The van der Waals surface area contributed by atoms with Crippen LogP contribution in [0.2, 0.25) is 0 Å². The Kier molecular flexibility index (Phi) is 8.53. The van der Waals surface area contributed by atoms with E-state index in [2.05, 4.69) is 5.32 Å². The van der Waals surface area contributed by atoms with Gasteiger partial charge in [0.2, 0.25) is 0 Å². The van der Waals surface area contributed by atoms with E-state index in [9.17, 15) is 19.7 Å². The lowest BCUT2D eigenvalue weighted by Gasteiger charge is -2.30. The number of nitrogens with zero attached hydrogens (tertiary/aromatic N) is 1. The highest BCUT2D eigenvalue weighted by atomic mass is 16.6. The summed E-state index contributed by atoms with van der Waals surface area (Å²) in [5.74, 6) is -2.39. The van der Waals surface area contributed by atoms with Gasteiger partial charge in [0, 0.05) is 23.5 Å². The van der Waals surface area contributed by atoms with Gasteiger partial charge in [0.25, 0.3) is 5.69 Å². The lowest BCUT2D eigenvalue weighted by Crippen LogP contribution is -2.32. The minimum atomic E-state index is -0.965. The normalized spacial score (nSPS) is 15.7. The predicted octanol–water partition coefficient (Wildman–Crippen LogP) is 3.62. The first-order chi connectivity index (χ1) is 16.8. The Morgan fingerprint density at radius 2 is 1.69 bits per heavy atom. The van der Waals surface area contributed by atoms with E-state index >= 15 is 0 Å². The topological polar surface area (TPSA) is 128 Å². The van der Waals surface area contributed by atoms with Crippen LogP contribution in [0.4, 0.5) is 5.69 Å². The van der Waals surface area contributed by atoms with Crippen molar-refractivity contribution in [3.8, 4) is 0 Å². The molecule has 1 heterocycles. The number of nitro groups is 1. The SMILES string of the molecule is CC1=C(C(=O)OC/C=C/c2ccccc2)C(c2cccc([N+](=O)[O-])c2)C(C(=O)OCCO)=C(C)N1. The molecule has 3 rings (SSSR count). The van der Waals surface area contributed by atoms with E-state index < -0.39 is 22.8 Å². The summed E-state index contributed by atoms with van der Waals surface area (Å²) in [6, 6.07) is 15.2. The third-order valence-corrected chi connectivity index (χ3v) is 5.36. The van der Waals surface area contributed by atoms with Crippen molar-refractivity contribution in [2.45, 2.75) is 19.8 Å². The molecule has 9 nitrogen and oxygen atoms in total. The molecule has 1 aliphatic rings. The molecule has 0 radical (unpaired) electrons. The molecular formula is C26H26N2O7. The molecule has 2 aromatic rings. The molecule has 1 unspecified atom stereocenters. The lowest BCUT2D eigenvalue weighted by atomic mass is 9.80. The van der Waals surface area contributed by atoms with E-state index in [0.717, 1.165) is 5.56 Å². The Morgan fingerprint density at radius 1 is 1.03 bits per heavy atom. The van der Waals surface area contributed by atoms with Crippen LogP contribution in [0.1, 0.15) is 30.9 Å². The number of benzene rings is 2. The molecule has 0 fully saturated rings. The van der Waals surface area contributed by atoms with Gasteiger partial charge >= 0.3 is 11.9 Å². The van der Waals surface area contributed by atoms with Gasteiger partial charge in [-0.25, -0.2) is 9.59 Å². The van der Waals surface area contributed by atoms with Crippen molar-refractivity contribution in [1.29, 1.82) is 0 Å². The van der Waals surface area contributed by atoms with Crippen molar-refractivity contribution in [2.24, 2.45) is 0 Å². The number of rotatable bonds is 9. The molecule has 0 saturated carbocycles. The van der Waals surface area contributed by atoms with E-state index in [1.165, 1.54) is 18.2 Å². The number of non-ortho nitro benzene ring substituents is 1. The number of aliphatic hydroxyl groups is 1. The Balaban J connectivity index is 1.95. The van der Waals surface area contributed by atoms with Crippen molar-refractivity contribution in [1.82, 2.24) is 5.32 Å². The maximum absolute atomic E-state index is 13.2. The number of ether oxygens (including phenoxy) is 2. The van der Waals surface area contributed by atoms with Gasteiger partial charge in [-0.15, -0.1) is 0 Å². The smallest absolute Gasteiger partial charge is 0.337 e. The van der Waals surface area contributed by atoms with Gasteiger partial charge in [-0.1, -0.05) is 48.5 Å². The summed E-state index contributed by atoms with van der Waals surface area (Å²) in [5, 5.41) is 23.5. The number of carbonyl (C=O) groups excluding carboxylic acids is 2. The number of nitro benzene ring substituents is 1. The first kappa shape index (κ1) is 25.4. The first-order valence-electron chi connectivity index (χ1n) is 10.9. The molecule has 182 valence electrons. The first-order valence-corrected chi connectivity index (χ1v) is 10.9. The second-order valence-electron chi connectivity index (χ2n) is 7.76. The van der Waals surface area contributed by atoms with Crippen molar-refractivity contribution in [3.63, 3.8) is 0 Å². The number of carbonyl (C=O) groups is 2. The maximum Gasteiger partial charge on any atom is 0.337 e. The summed E-state index contributed by atoms with van der Waals surface area (Å²) in [7, 11) is 0. The molecule has 0 aliphatic carbocycles. The van der Waals surface area contributed by atoms with Gasteiger partial charge in [-0.05, 0) is 31.1 Å². The van der Waals surface area contributed by atoms with Crippen LogP contribution in [0.5, 0.6) is 0 Å². The van der Waals surface area contributed by atoms with Gasteiger partial charge in [0.1, 0.15) is 13.2 Å². The Morgan fingerprint density at radius 3 is 2.31 bits per heavy atom. The standard InChI is InChI=1S/C26H26N2O7/c1-17-22(25(30)34-14-7-10-19-8-4-3-5-9-19)24(20-11-6-12-21(16-20)28(32)33)23(18(2)27-17)26(31)35-15-13-29/h3-12,16,24,27,29H,13-15H2,1-2H3/b10-7+. The summed E-state index contributed by atoms with van der Waals surface area (Å²) in [5.41, 5.74) is 2.26.